The number of hydrogen-bond acceptors (Lipinski definition) is 3. The Kier molecular flexibility index (Phi) is 2.41. The van der Waals surface area contributed by atoms with E-state index in [1.807, 2.05) is 30.3 Å². The fourth-order valence-corrected chi connectivity index (χ4v) is 1.50. The van der Waals surface area contributed by atoms with Crippen LogP contribution in [-0.2, 0) is 9.53 Å². The van der Waals surface area contributed by atoms with Gasteiger partial charge in [0.2, 0.25) is 18.0 Å². The van der Waals surface area contributed by atoms with Crippen LogP contribution in [0.2, 0.25) is 0 Å². The van der Waals surface area contributed by atoms with Gasteiger partial charge in [-0.05, 0) is 0 Å². The van der Waals surface area contributed by atoms with E-state index in [4.69, 9.17) is 4.74 Å². The van der Waals surface area contributed by atoms with Crippen molar-refractivity contribution in [2.75, 3.05) is 0 Å². The lowest BCUT2D eigenvalue weighted by Gasteiger charge is -2.18. The molecule has 4 nitrogen and oxygen atoms in total. The molecule has 1 aromatic rings. The largest absolute Gasteiger partial charge is 0.450 e. The van der Waals surface area contributed by atoms with Crippen molar-refractivity contribution in [3.05, 3.63) is 35.9 Å². The molecule has 15 heavy (non-hydrogen) atoms. The Hall–Kier alpha value is -1.84. The number of carbonyl (C=O) groups is 1. The number of carbonyl (C=O) groups excluding carboxylic acids is 1. The van der Waals surface area contributed by atoms with E-state index in [2.05, 4.69) is 5.10 Å². The maximum absolute atomic E-state index is 11.3. The minimum atomic E-state index is -0.413. The van der Waals surface area contributed by atoms with Crippen LogP contribution < -0.4 is 0 Å². The van der Waals surface area contributed by atoms with Crippen LogP contribution in [0.5, 0.6) is 0 Å². The molecule has 1 aliphatic heterocycles. The Bertz CT molecular complexity index is 400. The molecule has 1 heterocycles. The van der Waals surface area contributed by atoms with E-state index in [1.165, 1.54) is 11.9 Å². The van der Waals surface area contributed by atoms with E-state index in [-0.39, 0.29) is 5.91 Å². The molecule has 78 valence electrons. The number of ether oxygens (including phenoxy) is 1. The lowest BCUT2D eigenvalue weighted by Crippen LogP contribution is -2.25. The number of benzene rings is 1. The molecule has 1 amide bonds. The Morgan fingerprint density at radius 2 is 2.07 bits per heavy atom. The van der Waals surface area contributed by atoms with Crippen LogP contribution in [-0.4, -0.2) is 16.8 Å². The molecule has 0 saturated carbocycles. The summed E-state index contributed by atoms with van der Waals surface area (Å²) >= 11 is 0. The fraction of sp³-hybridized carbons (Fsp3) is 0.273. The summed E-state index contributed by atoms with van der Waals surface area (Å²) < 4.78 is 5.48. The minimum Gasteiger partial charge on any atom is -0.450 e. The van der Waals surface area contributed by atoms with Crippen LogP contribution in [0.3, 0.4) is 0 Å². The third kappa shape index (κ3) is 1.83. The summed E-state index contributed by atoms with van der Waals surface area (Å²) in [6.07, 6.45) is -0.413. The van der Waals surface area contributed by atoms with Crippen LogP contribution in [0.1, 0.15) is 25.6 Å². The Morgan fingerprint density at radius 1 is 1.40 bits per heavy atom. The third-order valence-electron chi connectivity index (χ3n) is 2.16. The molecule has 2 rings (SSSR count). The van der Waals surface area contributed by atoms with Gasteiger partial charge in [0, 0.05) is 19.4 Å². The van der Waals surface area contributed by atoms with Gasteiger partial charge in [-0.1, -0.05) is 30.3 Å². The summed E-state index contributed by atoms with van der Waals surface area (Å²) in [5.41, 5.74) is 0.924. The van der Waals surface area contributed by atoms with Gasteiger partial charge in [0.15, 0.2) is 0 Å². The van der Waals surface area contributed by atoms with Gasteiger partial charge >= 0.3 is 0 Å². The lowest BCUT2D eigenvalue weighted by molar-refractivity contribution is -0.135. The van der Waals surface area contributed by atoms with E-state index < -0.39 is 6.23 Å². The van der Waals surface area contributed by atoms with Gasteiger partial charge in [-0.2, -0.15) is 5.01 Å². The molecule has 4 heteroatoms. The van der Waals surface area contributed by atoms with Gasteiger partial charge in [0.1, 0.15) is 0 Å². The number of amides is 1. The average molecular weight is 204 g/mol. The Balaban J connectivity index is 2.28. The summed E-state index contributed by atoms with van der Waals surface area (Å²) in [5, 5.41) is 5.38. The van der Waals surface area contributed by atoms with Gasteiger partial charge in [0.25, 0.3) is 0 Å². The van der Waals surface area contributed by atoms with E-state index in [1.54, 1.807) is 6.92 Å². The summed E-state index contributed by atoms with van der Waals surface area (Å²) in [6.45, 7) is 3.21. The van der Waals surface area contributed by atoms with Crippen LogP contribution in [0.4, 0.5) is 0 Å². The quantitative estimate of drug-likeness (QED) is 0.701. The SMILES string of the molecule is CC(=O)N1N=C(C)OC1c1ccccc1. The van der Waals surface area contributed by atoms with Gasteiger partial charge < -0.3 is 4.74 Å². The normalized spacial score (nSPS) is 19.7. The van der Waals surface area contributed by atoms with Crippen LogP contribution in [0.15, 0.2) is 35.4 Å². The maximum Gasteiger partial charge on any atom is 0.243 e. The number of rotatable bonds is 1. The van der Waals surface area contributed by atoms with E-state index in [9.17, 15) is 4.79 Å². The predicted molar refractivity (Wildman–Crippen MR) is 55.9 cm³/mol. The van der Waals surface area contributed by atoms with Crippen molar-refractivity contribution in [1.82, 2.24) is 5.01 Å². The van der Waals surface area contributed by atoms with Gasteiger partial charge in [-0.15, -0.1) is 5.10 Å². The first kappa shape index (κ1) is 9.71. The zero-order valence-corrected chi connectivity index (χ0v) is 8.68. The van der Waals surface area contributed by atoms with Crippen molar-refractivity contribution >= 4 is 11.8 Å². The fourth-order valence-electron chi connectivity index (χ4n) is 1.50. The van der Waals surface area contributed by atoms with Gasteiger partial charge in [0.05, 0.1) is 0 Å². The lowest BCUT2D eigenvalue weighted by atomic mass is 10.2. The van der Waals surface area contributed by atoms with Crippen molar-refractivity contribution in [2.45, 2.75) is 20.1 Å². The summed E-state index contributed by atoms with van der Waals surface area (Å²) in [5.74, 6) is 0.389. The topological polar surface area (TPSA) is 41.9 Å². The van der Waals surface area contributed by atoms with Crippen molar-refractivity contribution in [2.24, 2.45) is 5.10 Å². The summed E-state index contributed by atoms with van der Waals surface area (Å²) in [6, 6.07) is 9.56. The molecule has 0 radical (unpaired) electrons. The molecule has 0 spiro atoms. The molecular formula is C11H12N2O2. The highest BCUT2D eigenvalue weighted by molar-refractivity contribution is 5.81. The Morgan fingerprint density at radius 3 is 2.67 bits per heavy atom. The number of nitrogens with zero attached hydrogens (tertiary/aromatic N) is 2. The Labute approximate surface area is 88.2 Å². The standard InChI is InChI=1S/C11H12N2O2/c1-8-12-13(9(2)14)11(15-8)10-6-4-3-5-7-10/h3-7,11H,1-2H3. The van der Waals surface area contributed by atoms with Crippen LogP contribution in [0, 0.1) is 0 Å². The first-order chi connectivity index (χ1) is 7.18. The molecule has 0 aliphatic carbocycles. The van der Waals surface area contributed by atoms with Gasteiger partial charge in [-0.25, -0.2) is 0 Å². The second-order valence-electron chi connectivity index (χ2n) is 3.36. The van der Waals surface area contributed by atoms with Crippen LogP contribution >= 0.6 is 0 Å². The second-order valence-corrected chi connectivity index (χ2v) is 3.36. The number of hydrogen-bond donors (Lipinski definition) is 0. The molecule has 0 saturated heterocycles. The van der Waals surface area contributed by atoms with E-state index >= 15 is 0 Å². The zero-order chi connectivity index (χ0) is 10.8. The highest BCUT2D eigenvalue weighted by atomic mass is 16.5. The van der Waals surface area contributed by atoms with Crippen molar-refractivity contribution in [3.8, 4) is 0 Å². The molecule has 0 aromatic heterocycles. The van der Waals surface area contributed by atoms with Gasteiger partial charge in [-0.3, -0.25) is 4.79 Å². The van der Waals surface area contributed by atoms with Crippen molar-refractivity contribution in [1.29, 1.82) is 0 Å². The minimum absolute atomic E-state index is 0.124. The molecule has 1 aliphatic rings. The summed E-state index contributed by atoms with van der Waals surface area (Å²) in [7, 11) is 0. The van der Waals surface area contributed by atoms with Crippen LogP contribution in [0.25, 0.3) is 0 Å². The second kappa shape index (κ2) is 3.73. The van der Waals surface area contributed by atoms with Crippen molar-refractivity contribution in [3.63, 3.8) is 0 Å². The highest BCUT2D eigenvalue weighted by Gasteiger charge is 2.30. The molecule has 0 N–H and O–H groups in total. The zero-order valence-electron chi connectivity index (χ0n) is 8.68. The third-order valence-corrected chi connectivity index (χ3v) is 2.16. The van der Waals surface area contributed by atoms with Crippen molar-refractivity contribution < 1.29 is 9.53 Å². The number of hydrazone groups is 1. The maximum atomic E-state index is 11.3. The average Bonchev–Trinajstić information content (AvgIpc) is 2.62. The first-order valence-corrected chi connectivity index (χ1v) is 4.75. The molecule has 0 fully saturated rings. The molecule has 1 unspecified atom stereocenters. The monoisotopic (exact) mass is 204 g/mol. The summed E-state index contributed by atoms with van der Waals surface area (Å²) in [4.78, 5) is 11.3. The predicted octanol–water partition coefficient (Wildman–Crippen LogP) is 1.90. The van der Waals surface area contributed by atoms with E-state index in [0.717, 1.165) is 5.56 Å². The molecule has 1 atom stereocenters. The molecular weight excluding hydrogens is 192 g/mol. The molecule has 1 aromatic carbocycles. The first-order valence-electron chi connectivity index (χ1n) is 4.75. The van der Waals surface area contributed by atoms with E-state index in [0.29, 0.717) is 5.90 Å². The molecule has 0 bridgehead atoms. The smallest absolute Gasteiger partial charge is 0.243 e. The highest BCUT2D eigenvalue weighted by Crippen LogP contribution is 2.27.